The summed E-state index contributed by atoms with van der Waals surface area (Å²) in [7, 11) is 0. The molecule has 0 saturated carbocycles. The summed E-state index contributed by atoms with van der Waals surface area (Å²) < 4.78 is 2.08. The predicted molar refractivity (Wildman–Crippen MR) is 89.9 cm³/mol. The van der Waals surface area contributed by atoms with E-state index in [1.165, 1.54) is 37.0 Å². The molecule has 0 spiro atoms. The Kier molecular flexibility index (Phi) is 6.23. The maximum absolute atomic E-state index is 12.2. The number of nitrogens with zero attached hydrogens (tertiary/aromatic N) is 3. The zero-order valence-electron chi connectivity index (χ0n) is 12.9. The monoisotopic (exact) mass is 356 g/mol. The molecular formula is C15H25BrN4O. The summed E-state index contributed by atoms with van der Waals surface area (Å²) in [5, 5.41) is 7.63. The molecule has 1 aliphatic heterocycles. The van der Waals surface area contributed by atoms with Crippen LogP contribution in [0.25, 0.3) is 0 Å². The van der Waals surface area contributed by atoms with Gasteiger partial charge in [0.25, 0.3) is 5.56 Å². The second-order valence-electron chi connectivity index (χ2n) is 5.81. The first-order valence-electron chi connectivity index (χ1n) is 7.86. The van der Waals surface area contributed by atoms with Gasteiger partial charge in [-0.05, 0) is 55.2 Å². The van der Waals surface area contributed by atoms with Crippen LogP contribution in [0.4, 0.5) is 5.69 Å². The average Bonchev–Trinajstić information content (AvgIpc) is 2.48. The molecule has 1 atom stereocenters. The zero-order valence-corrected chi connectivity index (χ0v) is 14.5. The first-order chi connectivity index (χ1) is 10.1. The Morgan fingerprint density at radius 3 is 2.76 bits per heavy atom. The number of piperidine rings is 1. The van der Waals surface area contributed by atoms with Crippen molar-refractivity contribution in [3.05, 3.63) is 21.0 Å². The van der Waals surface area contributed by atoms with Crippen LogP contribution in [0.2, 0.25) is 0 Å². The van der Waals surface area contributed by atoms with E-state index in [-0.39, 0.29) is 5.56 Å². The van der Waals surface area contributed by atoms with E-state index in [0.29, 0.717) is 17.1 Å². The molecule has 0 amide bonds. The Labute approximate surface area is 134 Å². The van der Waals surface area contributed by atoms with Crippen LogP contribution in [0, 0.1) is 0 Å². The van der Waals surface area contributed by atoms with Crippen molar-refractivity contribution in [1.82, 2.24) is 14.7 Å². The van der Waals surface area contributed by atoms with Gasteiger partial charge in [0.1, 0.15) is 4.47 Å². The third-order valence-corrected chi connectivity index (χ3v) is 4.57. The van der Waals surface area contributed by atoms with Gasteiger partial charge in [-0.3, -0.25) is 4.79 Å². The van der Waals surface area contributed by atoms with Gasteiger partial charge >= 0.3 is 0 Å². The highest BCUT2D eigenvalue weighted by Crippen LogP contribution is 2.18. The normalized spacial score (nSPS) is 17.7. The van der Waals surface area contributed by atoms with E-state index >= 15 is 0 Å². The molecular weight excluding hydrogens is 332 g/mol. The maximum Gasteiger partial charge on any atom is 0.283 e. The molecule has 21 heavy (non-hydrogen) atoms. The van der Waals surface area contributed by atoms with Crippen LogP contribution in [-0.4, -0.2) is 40.4 Å². The van der Waals surface area contributed by atoms with Gasteiger partial charge in [-0.15, -0.1) is 0 Å². The minimum Gasteiger partial charge on any atom is -0.379 e. The fourth-order valence-electron chi connectivity index (χ4n) is 2.78. The molecule has 1 aliphatic rings. The molecule has 1 saturated heterocycles. The minimum atomic E-state index is -0.0629. The SMILES string of the molecule is CCCn1ncc(NC(C)CN2CCCCC2)c(Br)c1=O. The van der Waals surface area contributed by atoms with Crippen LogP contribution in [0.5, 0.6) is 0 Å². The Bertz CT molecular complexity index is 511. The van der Waals surface area contributed by atoms with E-state index in [0.717, 1.165) is 18.7 Å². The fourth-order valence-corrected chi connectivity index (χ4v) is 3.20. The average molecular weight is 357 g/mol. The molecule has 0 bridgehead atoms. The topological polar surface area (TPSA) is 50.2 Å². The Morgan fingerprint density at radius 2 is 2.10 bits per heavy atom. The van der Waals surface area contributed by atoms with Crippen molar-refractivity contribution in [3.8, 4) is 0 Å². The lowest BCUT2D eigenvalue weighted by Crippen LogP contribution is -2.38. The summed E-state index contributed by atoms with van der Waals surface area (Å²) in [4.78, 5) is 14.6. The van der Waals surface area contributed by atoms with Crippen molar-refractivity contribution >= 4 is 21.6 Å². The summed E-state index contributed by atoms with van der Waals surface area (Å²) in [6.07, 6.45) is 6.59. The molecule has 1 fully saturated rings. The van der Waals surface area contributed by atoms with E-state index < -0.39 is 0 Å². The molecule has 1 unspecified atom stereocenters. The van der Waals surface area contributed by atoms with Crippen LogP contribution in [0.1, 0.15) is 39.5 Å². The smallest absolute Gasteiger partial charge is 0.283 e. The summed E-state index contributed by atoms with van der Waals surface area (Å²) in [6, 6.07) is 0.294. The van der Waals surface area contributed by atoms with Crippen molar-refractivity contribution in [2.24, 2.45) is 0 Å². The highest BCUT2D eigenvalue weighted by atomic mass is 79.9. The summed E-state index contributed by atoms with van der Waals surface area (Å²) in [6.45, 7) is 8.21. The van der Waals surface area contributed by atoms with Gasteiger partial charge in [0.2, 0.25) is 0 Å². The van der Waals surface area contributed by atoms with Crippen molar-refractivity contribution in [2.75, 3.05) is 25.0 Å². The molecule has 0 aromatic carbocycles. The number of anilines is 1. The summed E-state index contributed by atoms with van der Waals surface area (Å²) >= 11 is 3.41. The number of halogens is 1. The van der Waals surface area contributed by atoms with Gasteiger partial charge < -0.3 is 10.2 Å². The fraction of sp³-hybridized carbons (Fsp3) is 0.733. The standard InChI is InChI=1S/C15H25BrN4O/c1-3-7-20-15(21)14(16)13(10-17-20)18-12(2)11-19-8-5-4-6-9-19/h10,12,18H,3-9,11H2,1-2H3. The van der Waals surface area contributed by atoms with Gasteiger partial charge in [-0.1, -0.05) is 13.3 Å². The van der Waals surface area contributed by atoms with Crippen molar-refractivity contribution in [3.63, 3.8) is 0 Å². The van der Waals surface area contributed by atoms with Crippen molar-refractivity contribution in [2.45, 2.75) is 52.1 Å². The van der Waals surface area contributed by atoms with E-state index in [4.69, 9.17) is 0 Å². The number of hydrogen-bond donors (Lipinski definition) is 1. The molecule has 6 heteroatoms. The third kappa shape index (κ3) is 4.54. The Morgan fingerprint density at radius 1 is 1.38 bits per heavy atom. The largest absolute Gasteiger partial charge is 0.379 e. The van der Waals surface area contributed by atoms with Crippen molar-refractivity contribution < 1.29 is 0 Å². The first kappa shape index (κ1) is 16.5. The van der Waals surface area contributed by atoms with Gasteiger partial charge in [0.05, 0.1) is 11.9 Å². The second-order valence-corrected chi connectivity index (χ2v) is 6.60. The molecule has 2 heterocycles. The highest BCUT2D eigenvalue weighted by Gasteiger charge is 2.15. The Hall–Kier alpha value is -0.880. The third-order valence-electron chi connectivity index (χ3n) is 3.80. The summed E-state index contributed by atoms with van der Waals surface area (Å²) in [5.74, 6) is 0. The molecule has 1 aromatic rings. The van der Waals surface area contributed by atoms with Crippen LogP contribution in [0.15, 0.2) is 15.5 Å². The molecule has 118 valence electrons. The number of likely N-dealkylation sites (tertiary alicyclic amines) is 1. The zero-order chi connectivity index (χ0) is 15.2. The number of nitrogens with one attached hydrogen (secondary N) is 1. The van der Waals surface area contributed by atoms with Gasteiger partial charge in [0, 0.05) is 19.1 Å². The number of rotatable bonds is 6. The molecule has 2 rings (SSSR count). The maximum atomic E-state index is 12.2. The van der Waals surface area contributed by atoms with Gasteiger partial charge in [-0.25, -0.2) is 4.68 Å². The van der Waals surface area contributed by atoms with Crippen molar-refractivity contribution in [1.29, 1.82) is 0 Å². The molecule has 0 aliphatic carbocycles. The van der Waals surface area contributed by atoms with Crippen LogP contribution < -0.4 is 10.9 Å². The highest BCUT2D eigenvalue weighted by molar-refractivity contribution is 9.10. The number of aromatic nitrogens is 2. The minimum absolute atomic E-state index is 0.0629. The second kappa shape index (κ2) is 7.94. The predicted octanol–water partition coefficient (Wildman–Crippen LogP) is 2.70. The van der Waals surface area contributed by atoms with Gasteiger partial charge in [0.15, 0.2) is 0 Å². The van der Waals surface area contributed by atoms with Gasteiger partial charge in [-0.2, -0.15) is 5.10 Å². The molecule has 1 N–H and O–H groups in total. The van der Waals surface area contributed by atoms with E-state index in [1.807, 2.05) is 6.92 Å². The quantitative estimate of drug-likeness (QED) is 0.851. The Balaban J connectivity index is 1.98. The lowest BCUT2D eigenvalue weighted by molar-refractivity contribution is 0.223. The molecule has 1 aromatic heterocycles. The van der Waals surface area contributed by atoms with E-state index in [2.05, 4.69) is 38.2 Å². The van der Waals surface area contributed by atoms with E-state index in [1.54, 1.807) is 6.20 Å². The van der Waals surface area contributed by atoms with Crippen LogP contribution in [-0.2, 0) is 6.54 Å². The lowest BCUT2D eigenvalue weighted by atomic mass is 10.1. The van der Waals surface area contributed by atoms with E-state index in [9.17, 15) is 4.79 Å². The lowest BCUT2D eigenvalue weighted by Gasteiger charge is -2.29. The van der Waals surface area contributed by atoms with Crippen LogP contribution >= 0.6 is 15.9 Å². The number of hydrogen-bond acceptors (Lipinski definition) is 4. The molecule has 0 radical (unpaired) electrons. The van der Waals surface area contributed by atoms with Crippen LogP contribution in [0.3, 0.4) is 0 Å². The number of aryl methyl sites for hydroxylation is 1. The molecule has 5 nitrogen and oxygen atoms in total. The summed E-state index contributed by atoms with van der Waals surface area (Å²) in [5.41, 5.74) is 0.726. The first-order valence-corrected chi connectivity index (χ1v) is 8.65.